The average Bonchev–Trinajstić information content (AvgIpc) is 2.40. The maximum Gasteiger partial charge on any atom is 0.205 e. The fraction of sp³-hybridized carbons (Fsp3) is 0.133. The number of phenols is 1. The Morgan fingerprint density at radius 3 is 2.56 bits per heavy atom. The van der Waals surface area contributed by atoms with Gasteiger partial charge in [-0.15, -0.1) is 0 Å². The van der Waals surface area contributed by atoms with Crippen LogP contribution in [0, 0.1) is 0 Å². The predicted molar refractivity (Wildman–Crippen MR) is 72.7 cm³/mol. The van der Waals surface area contributed by atoms with Crippen molar-refractivity contribution < 1.29 is 9.67 Å². The maximum absolute atomic E-state index is 9.21. The molecule has 1 aromatic heterocycles. The van der Waals surface area contributed by atoms with Crippen LogP contribution in [0.4, 0.5) is 0 Å². The quantitative estimate of drug-likeness (QED) is 0.802. The fourth-order valence-electron chi connectivity index (χ4n) is 1.75. The largest absolute Gasteiger partial charge is 0.508 e. The second kappa shape index (κ2) is 5.98. The molecule has 0 fully saturated rings. The number of hydrogen-bond acceptors (Lipinski definition) is 2. The van der Waals surface area contributed by atoms with E-state index in [0.29, 0.717) is 6.54 Å². The molecule has 3 nitrogen and oxygen atoms in total. The highest BCUT2D eigenvalue weighted by atomic mass is 16.3. The van der Waals surface area contributed by atoms with Gasteiger partial charge in [0.25, 0.3) is 0 Å². The topological polar surface area (TPSA) is 50.1 Å². The Hall–Kier alpha value is -2.13. The second-order valence-electron chi connectivity index (χ2n) is 4.03. The fourth-order valence-corrected chi connectivity index (χ4v) is 1.75. The molecule has 0 aliphatic rings. The summed E-state index contributed by atoms with van der Waals surface area (Å²) < 4.78 is 2.11. The molecule has 0 spiro atoms. The van der Waals surface area contributed by atoms with Gasteiger partial charge in [-0.25, -0.2) is 0 Å². The minimum Gasteiger partial charge on any atom is -0.508 e. The van der Waals surface area contributed by atoms with E-state index >= 15 is 0 Å². The van der Waals surface area contributed by atoms with Crippen molar-refractivity contribution in [2.75, 3.05) is 6.54 Å². The standard InChI is InChI=1S/C15H16N2O/c16-10-12-17-11-2-1-3-14(17)7-4-13-5-8-15(18)9-6-13/h1-9,11H,10,12,16H2/p+1. The zero-order valence-electron chi connectivity index (χ0n) is 10.2. The summed E-state index contributed by atoms with van der Waals surface area (Å²) in [5.74, 6) is 0.282. The van der Waals surface area contributed by atoms with E-state index in [-0.39, 0.29) is 5.75 Å². The number of aromatic nitrogens is 1. The maximum atomic E-state index is 9.21. The van der Waals surface area contributed by atoms with Gasteiger partial charge in [0.2, 0.25) is 5.69 Å². The van der Waals surface area contributed by atoms with Crippen molar-refractivity contribution in [3.05, 3.63) is 59.9 Å². The molecule has 2 rings (SSSR count). The highest BCUT2D eigenvalue weighted by molar-refractivity contribution is 5.67. The molecule has 0 unspecified atom stereocenters. The van der Waals surface area contributed by atoms with Gasteiger partial charge in [-0.1, -0.05) is 12.1 Å². The molecule has 3 N–H and O–H groups in total. The lowest BCUT2D eigenvalue weighted by Gasteiger charge is -1.98. The molecule has 0 bridgehead atoms. The summed E-state index contributed by atoms with van der Waals surface area (Å²) in [4.78, 5) is 0. The number of aromatic hydroxyl groups is 1. The number of pyridine rings is 1. The van der Waals surface area contributed by atoms with E-state index in [1.54, 1.807) is 12.1 Å². The monoisotopic (exact) mass is 241 g/mol. The van der Waals surface area contributed by atoms with Crippen LogP contribution in [0.2, 0.25) is 0 Å². The normalized spacial score (nSPS) is 10.9. The van der Waals surface area contributed by atoms with Crippen molar-refractivity contribution in [2.45, 2.75) is 6.54 Å². The van der Waals surface area contributed by atoms with Crippen LogP contribution < -0.4 is 10.3 Å². The summed E-state index contributed by atoms with van der Waals surface area (Å²) in [7, 11) is 0. The van der Waals surface area contributed by atoms with Crippen LogP contribution in [0.3, 0.4) is 0 Å². The first kappa shape index (κ1) is 12.3. The van der Waals surface area contributed by atoms with E-state index in [2.05, 4.69) is 4.57 Å². The third-order valence-corrected chi connectivity index (χ3v) is 2.69. The van der Waals surface area contributed by atoms with Crippen molar-refractivity contribution in [3.8, 4) is 5.75 Å². The molecule has 0 radical (unpaired) electrons. The highest BCUT2D eigenvalue weighted by Gasteiger charge is 2.03. The van der Waals surface area contributed by atoms with Crippen molar-refractivity contribution >= 4 is 12.2 Å². The molecule has 2 aromatic rings. The molecule has 0 amide bonds. The second-order valence-corrected chi connectivity index (χ2v) is 4.03. The van der Waals surface area contributed by atoms with Crippen molar-refractivity contribution in [1.29, 1.82) is 0 Å². The first-order valence-electron chi connectivity index (χ1n) is 5.95. The Balaban J connectivity index is 2.20. The summed E-state index contributed by atoms with van der Waals surface area (Å²) in [5.41, 5.74) is 7.74. The summed E-state index contributed by atoms with van der Waals surface area (Å²) >= 11 is 0. The van der Waals surface area contributed by atoms with Gasteiger partial charge in [0.05, 0.1) is 6.54 Å². The number of rotatable bonds is 4. The van der Waals surface area contributed by atoms with Crippen molar-refractivity contribution in [1.82, 2.24) is 0 Å². The molecule has 1 heterocycles. The van der Waals surface area contributed by atoms with Gasteiger partial charge in [-0.2, -0.15) is 4.57 Å². The third-order valence-electron chi connectivity index (χ3n) is 2.69. The Morgan fingerprint density at radius 1 is 1.06 bits per heavy atom. The minimum absolute atomic E-state index is 0.282. The first-order chi connectivity index (χ1) is 8.79. The van der Waals surface area contributed by atoms with Crippen LogP contribution in [0.15, 0.2) is 48.7 Å². The van der Waals surface area contributed by atoms with Crippen LogP contribution in [0.5, 0.6) is 5.75 Å². The predicted octanol–water partition coefficient (Wildman–Crippen LogP) is 1.81. The zero-order chi connectivity index (χ0) is 12.8. The Bertz CT molecular complexity index is 532. The van der Waals surface area contributed by atoms with Crippen LogP contribution in [0.1, 0.15) is 11.3 Å². The van der Waals surface area contributed by atoms with Crippen molar-refractivity contribution in [2.24, 2.45) is 5.73 Å². The first-order valence-corrected chi connectivity index (χ1v) is 5.95. The smallest absolute Gasteiger partial charge is 0.205 e. The molecule has 0 saturated heterocycles. The van der Waals surface area contributed by atoms with E-state index in [1.807, 2.05) is 48.7 Å². The summed E-state index contributed by atoms with van der Waals surface area (Å²) in [6.07, 6.45) is 6.08. The van der Waals surface area contributed by atoms with Gasteiger partial charge in [0.15, 0.2) is 12.7 Å². The lowest BCUT2D eigenvalue weighted by atomic mass is 10.2. The van der Waals surface area contributed by atoms with E-state index < -0.39 is 0 Å². The zero-order valence-corrected chi connectivity index (χ0v) is 10.2. The summed E-state index contributed by atoms with van der Waals surface area (Å²) in [5, 5.41) is 9.21. The van der Waals surface area contributed by atoms with Crippen LogP contribution in [0.25, 0.3) is 12.2 Å². The molecule has 0 atom stereocenters. The lowest BCUT2D eigenvalue weighted by Crippen LogP contribution is -2.39. The van der Waals surface area contributed by atoms with Crippen LogP contribution in [-0.2, 0) is 6.54 Å². The molecule has 18 heavy (non-hydrogen) atoms. The summed E-state index contributed by atoms with van der Waals surface area (Å²) in [6, 6.07) is 13.2. The van der Waals surface area contributed by atoms with Gasteiger partial charge in [-0.3, -0.25) is 0 Å². The number of benzene rings is 1. The lowest BCUT2D eigenvalue weighted by molar-refractivity contribution is -0.696. The van der Waals surface area contributed by atoms with Gasteiger partial charge in [0.1, 0.15) is 5.75 Å². The molecule has 3 heteroatoms. The molecule has 0 aliphatic heterocycles. The van der Waals surface area contributed by atoms with Crippen LogP contribution >= 0.6 is 0 Å². The Morgan fingerprint density at radius 2 is 1.83 bits per heavy atom. The Labute approximate surface area is 107 Å². The molecule has 1 aromatic carbocycles. The molecule has 0 saturated carbocycles. The Kier molecular flexibility index (Phi) is 4.10. The third kappa shape index (κ3) is 3.18. The number of phenolic OH excluding ortho intramolecular Hbond substituents is 1. The molecule has 92 valence electrons. The van der Waals surface area contributed by atoms with E-state index in [1.165, 1.54) is 0 Å². The number of nitrogens with two attached hydrogens (primary N) is 1. The van der Waals surface area contributed by atoms with Crippen molar-refractivity contribution in [3.63, 3.8) is 0 Å². The van der Waals surface area contributed by atoms with Gasteiger partial charge >= 0.3 is 0 Å². The van der Waals surface area contributed by atoms with Gasteiger partial charge in [-0.05, 0) is 29.8 Å². The highest BCUT2D eigenvalue weighted by Crippen LogP contribution is 2.11. The number of nitrogens with zero attached hydrogens (tertiary/aromatic N) is 1. The van der Waals surface area contributed by atoms with Crippen LogP contribution in [-0.4, -0.2) is 11.7 Å². The van der Waals surface area contributed by atoms with Gasteiger partial charge < -0.3 is 10.8 Å². The van der Waals surface area contributed by atoms with E-state index in [9.17, 15) is 5.11 Å². The minimum atomic E-state index is 0.282. The molecule has 0 aliphatic carbocycles. The number of hydrogen-bond donors (Lipinski definition) is 2. The van der Waals surface area contributed by atoms with Gasteiger partial charge in [0, 0.05) is 18.2 Å². The summed E-state index contributed by atoms with van der Waals surface area (Å²) in [6.45, 7) is 1.42. The van der Waals surface area contributed by atoms with E-state index in [0.717, 1.165) is 17.8 Å². The van der Waals surface area contributed by atoms with E-state index in [4.69, 9.17) is 5.73 Å². The molecular weight excluding hydrogens is 224 g/mol. The molecular formula is C15H17N2O+. The average molecular weight is 241 g/mol. The SMILES string of the molecule is NCC[n+]1ccccc1/C=C/c1ccc(O)cc1.